The van der Waals surface area contributed by atoms with Crippen LogP contribution in [0.2, 0.25) is 0 Å². The minimum absolute atomic E-state index is 0.360. The number of rotatable bonds is 12. The lowest BCUT2D eigenvalue weighted by Crippen LogP contribution is -2.42. The van der Waals surface area contributed by atoms with E-state index in [0.29, 0.717) is 6.61 Å². The maximum Gasteiger partial charge on any atom is 0.335 e. The largest absolute Gasteiger partial charge is 0.479 e. The van der Waals surface area contributed by atoms with Crippen LogP contribution in [0.25, 0.3) is 0 Å². The lowest BCUT2D eigenvalue weighted by atomic mass is 10.1. The molecule has 0 radical (unpaired) electrons. The second-order valence-corrected chi connectivity index (χ2v) is 6.08. The number of carboxylic acid groups (broad SMARTS) is 1. The highest BCUT2D eigenvalue weighted by atomic mass is 16.7. The van der Waals surface area contributed by atoms with E-state index in [2.05, 4.69) is 6.92 Å². The topological polar surface area (TPSA) is 116 Å². The Hall–Kier alpha value is -0.730. The molecule has 1 aliphatic heterocycles. The minimum Gasteiger partial charge on any atom is -0.479 e. The first kappa shape index (κ1) is 20.3. The lowest BCUT2D eigenvalue weighted by Gasteiger charge is -2.17. The summed E-state index contributed by atoms with van der Waals surface area (Å²) in [5, 5.41) is 37.6. The summed E-state index contributed by atoms with van der Waals surface area (Å²) >= 11 is 0. The predicted octanol–water partition coefficient (Wildman–Crippen LogP) is 1.04. The Kier molecular flexibility index (Phi) is 9.66. The molecule has 0 amide bonds. The molecule has 23 heavy (non-hydrogen) atoms. The summed E-state index contributed by atoms with van der Waals surface area (Å²) in [5.74, 6) is -1.51. The van der Waals surface area contributed by atoms with Crippen molar-refractivity contribution in [3.05, 3.63) is 0 Å². The minimum atomic E-state index is -1.89. The third-order valence-electron chi connectivity index (χ3n) is 4.10. The second kappa shape index (κ2) is 10.9. The molecule has 1 aliphatic rings. The van der Waals surface area contributed by atoms with Gasteiger partial charge in [0.15, 0.2) is 12.4 Å². The standard InChI is InChI=1S/C16H30O7/c1-2-3-4-5-6-7-8-9-10-22-16-12(18)11(17)14(23-16)13(19)15(20)21/h11-14,16-19H,2-10H2,1H3,(H,20,21)/t11?,12?,13?,14-,16-/m1/s1. The fraction of sp³-hybridized carbons (Fsp3) is 0.938. The second-order valence-electron chi connectivity index (χ2n) is 6.08. The first-order valence-electron chi connectivity index (χ1n) is 8.53. The van der Waals surface area contributed by atoms with Gasteiger partial charge in [0.2, 0.25) is 0 Å². The van der Waals surface area contributed by atoms with E-state index in [4.69, 9.17) is 14.6 Å². The van der Waals surface area contributed by atoms with Gasteiger partial charge >= 0.3 is 5.97 Å². The number of unbranched alkanes of at least 4 members (excludes halogenated alkanes) is 7. The van der Waals surface area contributed by atoms with Crippen molar-refractivity contribution in [3.8, 4) is 0 Å². The normalized spacial score (nSPS) is 28.9. The van der Waals surface area contributed by atoms with Gasteiger partial charge in [-0.2, -0.15) is 0 Å². The maximum atomic E-state index is 10.7. The van der Waals surface area contributed by atoms with Crippen LogP contribution in [0.4, 0.5) is 0 Å². The van der Waals surface area contributed by atoms with Gasteiger partial charge in [-0.25, -0.2) is 4.79 Å². The van der Waals surface area contributed by atoms with Crippen molar-refractivity contribution in [2.75, 3.05) is 6.61 Å². The fourth-order valence-electron chi connectivity index (χ4n) is 2.65. The number of aliphatic carboxylic acids is 1. The molecule has 4 N–H and O–H groups in total. The molecule has 1 rings (SSSR count). The van der Waals surface area contributed by atoms with Crippen LogP contribution in [0.3, 0.4) is 0 Å². The molecule has 7 heteroatoms. The SMILES string of the molecule is CCCCCCCCCCO[C@@H]1O[C@@H](C(O)C(=O)O)C(O)C1O. The van der Waals surface area contributed by atoms with Gasteiger partial charge in [0.25, 0.3) is 0 Å². The molecule has 136 valence electrons. The van der Waals surface area contributed by atoms with Gasteiger partial charge in [0, 0.05) is 6.61 Å². The smallest absolute Gasteiger partial charge is 0.335 e. The van der Waals surface area contributed by atoms with E-state index >= 15 is 0 Å². The van der Waals surface area contributed by atoms with E-state index in [1.807, 2.05) is 0 Å². The molecule has 5 atom stereocenters. The summed E-state index contributed by atoms with van der Waals surface area (Å²) in [6.07, 6.45) is 1.98. The van der Waals surface area contributed by atoms with Crippen molar-refractivity contribution in [1.29, 1.82) is 0 Å². The average Bonchev–Trinajstić information content (AvgIpc) is 2.80. The summed E-state index contributed by atoms with van der Waals surface area (Å²) in [6, 6.07) is 0. The van der Waals surface area contributed by atoms with Crippen molar-refractivity contribution in [2.24, 2.45) is 0 Å². The summed E-state index contributed by atoms with van der Waals surface area (Å²) < 4.78 is 10.5. The first-order valence-corrected chi connectivity index (χ1v) is 8.53. The molecule has 0 aromatic carbocycles. The Balaban J connectivity index is 2.14. The molecule has 0 spiro atoms. The van der Waals surface area contributed by atoms with Gasteiger partial charge in [-0.1, -0.05) is 51.9 Å². The number of hydrogen-bond acceptors (Lipinski definition) is 6. The van der Waals surface area contributed by atoms with Gasteiger partial charge in [0.05, 0.1) is 0 Å². The van der Waals surface area contributed by atoms with E-state index in [1.165, 1.54) is 32.1 Å². The van der Waals surface area contributed by atoms with Gasteiger partial charge in [-0.3, -0.25) is 0 Å². The summed E-state index contributed by atoms with van der Waals surface area (Å²) in [7, 11) is 0. The van der Waals surface area contributed by atoms with E-state index in [1.54, 1.807) is 0 Å². The zero-order valence-corrected chi connectivity index (χ0v) is 13.8. The molecule has 1 heterocycles. The van der Waals surface area contributed by atoms with Crippen molar-refractivity contribution in [1.82, 2.24) is 0 Å². The molecule has 1 fully saturated rings. The maximum absolute atomic E-state index is 10.7. The lowest BCUT2D eigenvalue weighted by molar-refractivity contribution is -0.186. The van der Waals surface area contributed by atoms with Gasteiger partial charge in [-0.05, 0) is 6.42 Å². The number of hydrogen-bond donors (Lipinski definition) is 4. The summed E-state index contributed by atoms with van der Waals surface area (Å²) in [5.41, 5.74) is 0. The van der Waals surface area contributed by atoms with Crippen LogP contribution in [0, 0.1) is 0 Å². The zero-order chi connectivity index (χ0) is 17.2. The van der Waals surface area contributed by atoms with Crippen molar-refractivity contribution >= 4 is 5.97 Å². The van der Waals surface area contributed by atoms with Crippen molar-refractivity contribution in [2.45, 2.75) is 89.0 Å². The van der Waals surface area contributed by atoms with Crippen LogP contribution in [0.1, 0.15) is 58.3 Å². The molecule has 0 bridgehead atoms. The number of ether oxygens (including phenoxy) is 2. The van der Waals surface area contributed by atoms with E-state index in [0.717, 1.165) is 19.3 Å². The molecular formula is C16H30O7. The highest BCUT2D eigenvalue weighted by Gasteiger charge is 2.48. The molecule has 1 saturated heterocycles. The van der Waals surface area contributed by atoms with Crippen LogP contribution in [-0.4, -0.2) is 63.7 Å². The quantitative estimate of drug-likeness (QED) is 0.394. The number of carboxylic acids is 1. The highest BCUT2D eigenvalue weighted by molar-refractivity contribution is 5.72. The van der Waals surface area contributed by atoms with Gasteiger partial charge < -0.3 is 29.9 Å². The fourth-order valence-corrected chi connectivity index (χ4v) is 2.65. The van der Waals surface area contributed by atoms with Gasteiger partial charge in [-0.15, -0.1) is 0 Å². The number of aliphatic hydroxyl groups excluding tert-OH is 3. The Morgan fingerprint density at radius 3 is 2.17 bits per heavy atom. The van der Waals surface area contributed by atoms with Crippen molar-refractivity contribution in [3.63, 3.8) is 0 Å². The van der Waals surface area contributed by atoms with Crippen LogP contribution in [-0.2, 0) is 14.3 Å². The molecule has 0 aromatic heterocycles. The highest BCUT2D eigenvalue weighted by Crippen LogP contribution is 2.25. The summed E-state index contributed by atoms with van der Waals surface area (Å²) in [6.45, 7) is 2.55. The third kappa shape index (κ3) is 6.73. The van der Waals surface area contributed by atoms with Crippen LogP contribution < -0.4 is 0 Å². The monoisotopic (exact) mass is 334 g/mol. The van der Waals surface area contributed by atoms with Crippen LogP contribution in [0.15, 0.2) is 0 Å². The number of aliphatic hydroxyl groups is 3. The molecule has 7 nitrogen and oxygen atoms in total. The Labute approximate surface area is 137 Å². The average molecular weight is 334 g/mol. The number of carbonyl (C=O) groups is 1. The molecule has 0 aromatic rings. The van der Waals surface area contributed by atoms with Crippen LogP contribution >= 0.6 is 0 Å². The Morgan fingerprint density at radius 1 is 1.04 bits per heavy atom. The summed E-state index contributed by atoms with van der Waals surface area (Å²) in [4.78, 5) is 10.7. The molecule has 3 unspecified atom stereocenters. The molecule has 0 aliphatic carbocycles. The van der Waals surface area contributed by atoms with Crippen LogP contribution in [0.5, 0.6) is 0 Å². The molecular weight excluding hydrogens is 304 g/mol. The third-order valence-corrected chi connectivity index (χ3v) is 4.10. The van der Waals surface area contributed by atoms with E-state index in [9.17, 15) is 20.1 Å². The zero-order valence-electron chi connectivity index (χ0n) is 13.8. The predicted molar refractivity (Wildman–Crippen MR) is 82.9 cm³/mol. The Morgan fingerprint density at radius 2 is 1.61 bits per heavy atom. The molecule has 0 saturated carbocycles. The Bertz CT molecular complexity index is 336. The van der Waals surface area contributed by atoms with Crippen molar-refractivity contribution < 1.29 is 34.7 Å². The van der Waals surface area contributed by atoms with Gasteiger partial charge in [0.1, 0.15) is 18.3 Å². The van der Waals surface area contributed by atoms with E-state index in [-0.39, 0.29) is 0 Å². The first-order chi connectivity index (χ1) is 11.0. The van der Waals surface area contributed by atoms with E-state index < -0.39 is 36.7 Å².